The number of nitrogens with one attached hydrogen (secondary N) is 1. The summed E-state index contributed by atoms with van der Waals surface area (Å²) in [6.07, 6.45) is 4.86. The molecule has 2 rings (SSSR count). The van der Waals surface area contributed by atoms with Crippen LogP contribution in [0.4, 0.5) is 4.79 Å². The second-order valence-corrected chi connectivity index (χ2v) is 6.21. The van der Waals surface area contributed by atoms with E-state index in [-0.39, 0.29) is 6.03 Å². The van der Waals surface area contributed by atoms with E-state index in [4.69, 9.17) is 4.74 Å². The Bertz CT molecular complexity index is 314. The van der Waals surface area contributed by atoms with Crippen molar-refractivity contribution in [1.82, 2.24) is 15.1 Å². The third-order valence-electron chi connectivity index (χ3n) is 4.57. The van der Waals surface area contributed by atoms with Gasteiger partial charge >= 0.3 is 6.03 Å². The summed E-state index contributed by atoms with van der Waals surface area (Å²) in [5, 5.41) is 3.68. The zero-order chi connectivity index (χ0) is 14.5. The Hall–Kier alpha value is -0.810. The van der Waals surface area contributed by atoms with Crippen LogP contribution in [0, 0.1) is 5.92 Å². The minimum absolute atomic E-state index is 0.138. The van der Waals surface area contributed by atoms with Crippen LogP contribution in [0.5, 0.6) is 0 Å². The van der Waals surface area contributed by atoms with Crippen LogP contribution in [0.15, 0.2) is 0 Å². The summed E-state index contributed by atoms with van der Waals surface area (Å²) in [4.78, 5) is 15.5. The summed E-state index contributed by atoms with van der Waals surface area (Å²) in [6, 6.07) is 0.693. The van der Waals surface area contributed by atoms with Gasteiger partial charge in [-0.05, 0) is 31.6 Å². The molecule has 2 aliphatic heterocycles. The summed E-state index contributed by atoms with van der Waals surface area (Å²) in [7, 11) is 3.63. The summed E-state index contributed by atoms with van der Waals surface area (Å²) in [6.45, 7) is 5.92. The number of rotatable bonds is 4. The van der Waals surface area contributed by atoms with Crippen molar-refractivity contribution in [2.75, 3.05) is 40.3 Å². The Labute approximate surface area is 122 Å². The number of carbonyl (C=O) groups excluding carboxylic acids is 1. The molecule has 2 heterocycles. The summed E-state index contributed by atoms with van der Waals surface area (Å²) < 4.78 is 5.73. The van der Waals surface area contributed by atoms with Crippen molar-refractivity contribution in [3.63, 3.8) is 0 Å². The number of hydrogen-bond donors (Lipinski definition) is 1. The van der Waals surface area contributed by atoms with E-state index in [1.807, 2.05) is 19.0 Å². The molecule has 2 atom stereocenters. The van der Waals surface area contributed by atoms with Crippen molar-refractivity contribution in [2.45, 2.75) is 44.8 Å². The van der Waals surface area contributed by atoms with Crippen LogP contribution in [-0.2, 0) is 4.74 Å². The Balaban J connectivity index is 1.68. The Kier molecular flexibility index (Phi) is 5.66. The summed E-state index contributed by atoms with van der Waals surface area (Å²) >= 11 is 0. The topological polar surface area (TPSA) is 44.8 Å². The molecule has 2 unspecified atom stereocenters. The minimum atomic E-state index is 0.138. The first kappa shape index (κ1) is 15.6. The Morgan fingerprint density at radius 3 is 2.60 bits per heavy atom. The number of hydrogen-bond acceptors (Lipinski definition) is 3. The first-order valence-electron chi connectivity index (χ1n) is 7.93. The SMILES string of the molecule is CCC1OCCC1CNC1CCN(C(=O)N(C)C)CC1. The largest absolute Gasteiger partial charge is 0.378 e. The predicted molar refractivity (Wildman–Crippen MR) is 79.8 cm³/mol. The highest BCUT2D eigenvalue weighted by atomic mass is 16.5. The van der Waals surface area contributed by atoms with Gasteiger partial charge in [0, 0.05) is 46.4 Å². The molecule has 0 aromatic rings. The van der Waals surface area contributed by atoms with Crippen molar-refractivity contribution < 1.29 is 9.53 Å². The van der Waals surface area contributed by atoms with E-state index >= 15 is 0 Å². The second kappa shape index (κ2) is 7.27. The average Bonchev–Trinajstić information content (AvgIpc) is 2.92. The lowest BCUT2D eigenvalue weighted by atomic mass is 9.98. The van der Waals surface area contributed by atoms with Gasteiger partial charge in [-0.1, -0.05) is 6.92 Å². The molecule has 0 saturated carbocycles. The minimum Gasteiger partial charge on any atom is -0.378 e. The zero-order valence-electron chi connectivity index (χ0n) is 13.1. The zero-order valence-corrected chi connectivity index (χ0v) is 13.1. The number of piperidine rings is 1. The summed E-state index contributed by atoms with van der Waals surface area (Å²) in [5.41, 5.74) is 0. The quantitative estimate of drug-likeness (QED) is 0.851. The van der Waals surface area contributed by atoms with Crippen molar-refractivity contribution in [2.24, 2.45) is 5.92 Å². The van der Waals surface area contributed by atoms with Gasteiger partial charge in [-0.15, -0.1) is 0 Å². The fourth-order valence-electron chi connectivity index (χ4n) is 3.25. The molecule has 20 heavy (non-hydrogen) atoms. The number of likely N-dealkylation sites (tertiary alicyclic amines) is 1. The van der Waals surface area contributed by atoms with Gasteiger partial charge in [-0.2, -0.15) is 0 Å². The maximum Gasteiger partial charge on any atom is 0.319 e. The van der Waals surface area contributed by atoms with Gasteiger partial charge in [0.25, 0.3) is 0 Å². The highest BCUT2D eigenvalue weighted by Crippen LogP contribution is 2.23. The molecule has 1 N–H and O–H groups in total. The third-order valence-corrected chi connectivity index (χ3v) is 4.57. The van der Waals surface area contributed by atoms with Crippen LogP contribution >= 0.6 is 0 Å². The van der Waals surface area contributed by atoms with Crippen LogP contribution in [0.25, 0.3) is 0 Å². The van der Waals surface area contributed by atoms with Crippen molar-refractivity contribution >= 4 is 6.03 Å². The first-order chi connectivity index (χ1) is 9.61. The molecule has 0 radical (unpaired) electrons. The van der Waals surface area contributed by atoms with Crippen LogP contribution in [-0.4, -0.2) is 68.3 Å². The van der Waals surface area contributed by atoms with Crippen LogP contribution in [0.3, 0.4) is 0 Å². The lowest BCUT2D eigenvalue weighted by molar-refractivity contribution is 0.0856. The molecule has 2 fully saturated rings. The highest BCUT2D eigenvalue weighted by Gasteiger charge is 2.28. The predicted octanol–water partition coefficient (Wildman–Crippen LogP) is 1.54. The molecule has 5 heteroatoms. The van der Waals surface area contributed by atoms with E-state index in [2.05, 4.69) is 12.2 Å². The first-order valence-corrected chi connectivity index (χ1v) is 7.93. The lowest BCUT2D eigenvalue weighted by Gasteiger charge is -2.34. The van der Waals surface area contributed by atoms with Gasteiger partial charge < -0.3 is 19.9 Å². The van der Waals surface area contributed by atoms with E-state index in [1.165, 1.54) is 6.42 Å². The molecule has 2 aliphatic rings. The fourth-order valence-corrected chi connectivity index (χ4v) is 3.25. The van der Waals surface area contributed by atoms with Crippen LogP contribution in [0.2, 0.25) is 0 Å². The van der Waals surface area contributed by atoms with Crippen LogP contribution in [0.1, 0.15) is 32.6 Å². The van der Waals surface area contributed by atoms with Gasteiger partial charge in [0.2, 0.25) is 0 Å². The normalized spacial score (nSPS) is 27.9. The van der Waals surface area contributed by atoms with Gasteiger partial charge in [0.1, 0.15) is 0 Å². The van der Waals surface area contributed by atoms with E-state index in [1.54, 1.807) is 4.90 Å². The molecule has 0 spiro atoms. The molecule has 116 valence electrons. The highest BCUT2D eigenvalue weighted by molar-refractivity contribution is 5.73. The molecule has 0 aliphatic carbocycles. The molecular weight excluding hydrogens is 254 g/mol. The number of amides is 2. The van der Waals surface area contributed by atoms with Crippen molar-refractivity contribution in [1.29, 1.82) is 0 Å². The second-order valence-electron chi connectivity index (χ2n) is 6.21. The molecule has 0 bridgehead atoms. The molecule has 2 amide bonds. The van der Waals surface area contributed by atoms with E-state index in [0.717, 1.165) is 45.5 Å². The van der Waals surface area contributed by atoms with Gasteiger partial charge in [-0.3, -0.25) is 0 Å². The smallest absolute Gasteiger partial charge is 0.319 e. The van der Waals surface area contributed by atoms with Crippen molar-refractivity contribution in [3.05, 3.63) is 0 Å². The molecule has 2 saturated heterocycles. The number of urea groups is 1. The monoisotopic (exact) mass is 283 g/mol. The number of ether oxygens (including phenoxy) is 1. The van der Waals surface area contributed by atoms with E-state index in [0.29, 0.717) is 18.1 Å². The van der Waals surface area contributed by atoms with Crippen molar-refractivity contribution in [3.8, 4) is 0 Å². The average molecular weight is 283 g/mol. The number of nitrogens with zero attached hydrogens (tertiary/aromatic N) is 2. The number of carbonyl (C=O) groups is 1. The lowest BCUT2D eigenvalue weighted by Crippen LogP contribution is -2.48. The Morgan fingerprint density at radius 1 is 1.30 bits per heavy atom. The molecule has 0 aromatic carbocycles. The van der Waals surface area contributed by atoms with Crippen LogP contribution < -0.4 is 5.32 Å². The van der Waals surface area contributed by atoms with Gasteiger partial charge in [-0.25, -0.2) is 4.79 Å². The third kappa shape index (κ3) is 3.85. The van der Waals surface area contributed by atoms with Gasteiger partial charge in [0.15, 0.2) is 0 Å². The molecule has 5 nitrogen and oxygen atoms in total. The van der Waals surface area contributed by atoms with E-state index in [9.17, 15) is 4.79 Å². The molecular formula is C15H29N3O2. The maximum absolute atomic E-state index is 11.9. The maximum atomic E-state index is 11.9. The molecule has 0 aromatic heterocycles. The Morgan fingerprint density at radius 2 is 2.00 bits per heavy atom. The standard InChI is InChI=1S/C15H29N3O2/c1-4-14-12(7-10-20-14)11-16-13-5-8-18(9-6-13)15(19)17(2)3/h12-14,16H,4-11H2,1-3H3. The van der Waals surface area contributed by atoms with Gasteiger partial charge in [0.05, 0.1) is 6.10 Å². The van der Waals surface area contributed by atoms with E-state index < -0.39 is 0 Å². The fraction of sp³-hybridized carbons (Fsp3) is 0.933. The summed E-state index contributed by atoms with van der Waals surface area (Å²) in [5.74, 6) is 0.668.